The van der Waals surface area contributed by atoms with Crippen LogP contribution >= 0.6 is 0 Å². The summed E-state index contributed by atoms with van der Waals surface area (Å²) >= 11 is 0. The zero-order chi connectivity index (χ0) is 14.4. The summed E-state index contributed by atoms with van der Waals surface area (Å²) < 4.78 is 5.61. The van der Waals surface area contributed by atoms with Crippen molar-refractivity contribution in [2.24, 2.45) is 0 Å². The minimum absolute atomic E-state index is 0.186. The van der Waals surface area contributed by atoms with Crippen molar-refractivity contribution in [1.29, 1.82) is 0 Å². The summed E-state index contributed by atoms with van der Waals surface area (Å²) in [5.74, 6) is -0.261. The van der Waals surface area contributed by atoms with Crippen molar-refractivity contribution in [2.75, 3.05) is 0 Å². The molecule has 0 saturated carbocycles. The Morgan fingerprint density at radius 3 is 2.20 bits per heavy atom. The third-order valence-corrected chi connectivity index (χ3v) is 3.39. The first-order valence-corrected chi connectivity index (χ1v) is 7.09. The van der Waals surface area contributed by atoms with Crippen LogP contribution in [0, 0.1) is 0 Å². The zero-order valence-corrected chi connectivity index (χ0v) is 12.0. The molecule has 0 radical (unpaired) electrons. The van der Waals surface area contributed by atoms with Gasteiger partial charge in [-0.1, -0.05) is 56.3 Å². The second kappa shape index (κ2) is 6.90. The Morgan fingerprint density at radius 2 is 1.65 bits per heavy atom. The lowest BCUT2D eigenvalue weighted by Crippen LogP contribution is -2.11. The van der Waals surface area contributed by atoms with Crippen molar-refractivity contribution in [3.63, 3.8) is 0 Å². The molecule has 2 rings (SSSR count). The highest BCUT2D eigenvalue weighted by Gasteiger charge is 2.15. The standard InChI is InChI=1S/C18H20O2/c1-3-14-10-12-16(13-11-14)18(19)20-17(4-2)15-8-6-5-7-9-15/h5-13,17H,3-4H2,1-2H3. The van der Waals surface area contributed by atoms with Crippen LogP contribution in [-0.4, -0.2) is 5.97 Å². The van der Waals surface area contributed by atoms with E-state index in [2.05, 4.69) is 6.92 Å². The van der Waals surface area contributed by atoms with Gasteiger partial charge in [-0.2, -0.15) is 0 Å². The van der Waals surface area contributed by atoms with Gasteiger partial charge in [-0.15, -0.1) is 0 Å². The fraction of sp³-hybridized carbons (Fsp3) is 0.278. The minimum Gasteiger partial charge on any atom is -0.454 e. The molecule has 2 aromatic rings. The molecule has 0 saturated heterocycles. The van der Waals surface area contributed by atoms with Crippen molar-refractivity contribution >= 4 is 5.97 Å². The number of carbonyl (C=O) groups excluding carboxylic acids is 1. The van der Waals surface area contributed by atoms with Crippen molar-refractivity contribution in [3.8, 4) is 0 Å². The van der Waals surface area contributed by atoms with Crippen LogP contribution < -0.4 is 0 Å². The largest absolute Gasteiger partial charge is 0.454 e. The predicted octanol–water partition coefficient (Wildman–Crippen LogP) is 4.56. The van der Waals surface area contributed by atoms with E-state index in [4.69, 9.17) is 4.74 Å². The first-order valence-electron chi connectivity index (χ1n) is 7.09. The Hall–Kier alpha value is -2.09. The van der Waals surface area contributed by atoms with E-state index in [9.17, 15) is 4.79 Å². The molecule has 0 aliphatic rings. The lowest BCUT2D eigenvalue weighted by atomic mass is 10.1. The molecule has 0 aromatic heterocycles. The summed E-state index contributed by atoms with van der Waals surface area (Å²) in [5.41, 5.74) is 2.86. The number of rotatable bonds is 5. The number of ether oxygens (including phenoxy) is 1. The van der Waals surface area contributed by atoms with Crippen molar-refractivity contribution in [2.45, 2.75) is 32.8 Å². The maximum absolute atomic E-state index is 12.2. The van der Waals surface area contributed by atoms with Crippen LogP contribution in [0.25, 0.3) is 0 Å². The molecular weight excluding hydrogens is 248 g/mol. The van der Waals surface area contributed by atoms with Gasteiger partial charge in [-0.25, -0.2) is 4.79 Å². The fourth-order valence-corrected chi connectivity index (χ4v) is 2.13. The lowest BCUT2D eigenvalue weighted by Gasteiger charge is -2.16. The SMILES string of the molecule is CCc1ccc(C(=O)OC(CC)c2ccccc2)cc1. The van der Waals surface area contributed by atoms with Crippen LogP contribution in [0.4, 0.5) is 0 Å². The molecule has 1 unspecified atom stereocenters. The summed E-state index contributed by atoms with van der Waals surface area (Å²) in [7, 11) is 0. The lowest BCUT2D eigenvalue weighted by molar-refractivity contribution is 0.0288. The van der Waals surface area contributed by atoms with Crippen molar-refractivity contribution in [3.05, 3.63) is 71.3 Å². The van der Waals surface area contributed by atoms with Gasteiger partial charge in [0.25, 0.3) is 0 Å². The molecule has 0 spiro atoms. The first kappa shape index (κ1) is 14.3. The van der Waals surface area contributed by atoms with Gasteiger partial charge >= 0.3 is 5.97 Å². The summed E-state index contributed by atoms with van der Waals surface area (Å²) in [6, 6.07) is 17.5. The molecule has 0 aliphatic heterocycles. The second-order valence-electron chi connectivity index (χ2n) is 4.76. The number of hydrogen-bond donors (Lipinski definition) is 0. The van der Waals surface area contributed by atoms with Gasteiger partial charge in [0.15, 0.2) is 0 Å². The summed E-state index contributed by atoms with van der Waals surface area (Å²) in [6.07, 6.45) is 1.55. The third-order valence-electron chi connectivity index (χ3n) is 3.39. The number of aryl methyl sites for hydroxylation is 1. The van der Waals surface area contributed by atoms with Gasteiger partial charge in [0, 0.05) is 0 Å². The Kier molecular flexibility index (Phi) is 4.94. The fourth-order valence-electron chi connectivity index (χ4n) is 2.13. The van der Waals surface area contributed by atoms with E-state index in [1.54, 1.807) is 0 Å². The van der Waals surface area contributed by atoms with E-state index >= 15 is 0 Å². The first-order chi connectivity index (χ1) is 9.74. The molecule has 2 heteroatoms. The topological polar surface area (TPSA) is 26.3 Å². The predicted molar refractivity (Wildman–Crippen MR) is 80.7 cm³/mol. The molecule has 2 nitrogen and oxygen atoms in total. The number of benzene rings is 2. The summed E-state index contributed by atoms with van der Waals surface area (Å²) in [6.45, 7) is 4.11. The van der Waals surface area contributed by atoms with E-state index in [0.29, 0.717) is 5.56 Å². The Balaban J connectivity index is 2.09. The average Bonchev–Trinajstić information content (AvgIpc) is 2.53. The molecule has 0 fully saturated rings. The van der Waals surface area contributed by atoms with Crippen LogP contribution in [0.1, 0.15) is 47.9 Å². The van der Waals surface area contributed by atoms with Crippen LogP contribution in [0.5, 0.6) is 0 Å². The molecule has 1 atom stereocenters. The highest BCUT2D eigenvalue weighted by Crippen LogP contribution is 2.22. The van der Waals surface area contributed by atoms with Gasteiger partial charge in [0.2, 0.25) is 0 Å². The van der Waals surface area contributed by atoms with Crippen LogP contribution in [0.2, 0.25) is 0 Å². The molecular formula is C18H20O2. The molecule has 0 amide bonds. The Labute approximate surface area is 120 Å². The zero-order valence-electron chi connectivity index (χ0n) is 12.0. The smallest absolute Gasteiger partial charge is 0.338 e. The molecule has 104 valence electrons. The van der Waals surface area contributed by atoms with Gasteiger partial charge < -0.3 is 4.74 Å². The highest BCUT2D eigenvalue weighted by molar-refractivity contribution is 5.89. The van der Waals surface area contributed by atoms with Crippen LogP contribution in [0.15, 0.2) is 54.6 Å². The quantitative estimate of drug-likeness (QED) is 0.743. The average molecular weight is 268 g/mol. The summed E-state index contributed by atoms with van der Waals surface area (Å²) in [5, 5.41) is 0. The molecule has 0 bridgehead atoms. The second-order valence-corrected chi connectivity index (χ2v) is 4.76. The molecule has 0 heterocycles. The van der Waals surface area contributed by atoms with Crippen molar-refractivity contribution < 1.29 is 9.53 Å². The number of carbonyl (C=O) groups is 1. The molecule has 2 aromatic carbocycles. The Bertz CT molecular complexity index is 543. The maximum atomic E-state index is 12.2. The summed E-state index contributed by atoms with van der Waals surface area (Å²) in [4.78, 5) is 12.2. The molecule has 20 heavy (non-hydrogen) atoms. The third kappa shape index (κ3) is 3.47. The van der Waals surface area contributed by atoms with E-state index in [0.717, 1.165) is 18.4 Å². The molecule has 0 N–H and O–H groups in total. The van der Waals surface area contributed by atoms with Gasteiger partial charge in [0.1, 0.15) is 6.10 Å². The van der Waals surface area contributed by atoms with Gasteiger partial charge in [-0.05, 0) is 36.1 Å². The highest BCUT2D eigenvalue weighted by atomic mass is 16.5. The van der Waals surface area contributed by atoms with Crippen LogP contribution in [-0.2, 0) is 11.2 Å². The van der Waals surface area contributed by atoms with E-state index in [1.807, 2.05) is 61.5 Å². The van der Waals surface area contributed by atoms with Crippen LogP contribution in [0.3, 0.4) is 0 Å². The number of esters is 1. The van der Waals surface area contributed by atoms with E-state index < -0.39 is 0 Å². The monoisotopic (exact) mass is 268 g/mol. The van der Waals surface area contributed by atoms with E-state index in [-0.39, 0.29) is 12.1 Å². The van der Waals surface area contributed by atoms with Gasteiger partial charge in [-0.3, -0.25) is 0 Å². The number of hydrogen-bond acceptors (Lipinski definition) is 2. The van der Waals surface area contributed by atoms with Crippen molar-refractivity contribution in [1.82, 2.24) is 0 Å². The normalized spacial score (nSPS) is 11.9. The van der Waals surface area contributed by atoms with E-state index in [1.165, 1.54) is 5.56 Å². The maximum Gasteiger partial charge on any atom is 0.338 e. The Morgan fingerprint density at radius 1 is 1.00 bits per heavy atom. The van der Waals surface area contributed by atoms with Gasteiger partial charge in [0.05, 0.1) is 5.56 Å². The minimum atomic E-state index is -0.261. The molecule has 0 aliphatic carbocycles.